The van der Waals surface area contributed by atoms with Gasteiger partial charge in [0.15, 0.2) is 0 Å². The first-order valence-electron chi connectivity index (χ1n) is 7.32. The minimum atomic E-state index is 0.182. The molecule has 1 aliphatic rings. The van der Waals surface area contributed by atoms with Crippen LogP contribution in [0.3, 0.4) is 0 Å². The highest BCUT2D eigenvalue weighted by Gasteiger charge is 2.08. The first-order valence-corrected chi connectivity index (χ1v) is 7.32. The van der Waals surface area contributed by atoms with Crippen LogP contribution in [0, 0.1) is 0 Å². The van der Waals surface area contributed by atoms with Crippen molar-refractivity contribution in [1.29, 1.82) is 0 Å². The number of piperidine rings is 1. The summed E-state index contributed by atoms with van der Waals surface area (Å²) in [4.78, 5) is 16.1. The second kappa shape index (κ2) is 9.34. The van der Waals surface area contributed by atoms with E-state index in [1.165, 1.54) is 45.3 Å². The number of nitrogens with one attached hydrogen (secondary N) is 1. The predicted octanol–water partition coefficient (Wildman–Crippen LogP) is 1.32. The number of hydrogen-bond acceptors (Lipinski definition) is 3. The number of carbonyl (C=O) groups is 1. The highest BCUT2D eigenvalue weighted by molar-refractivity contribution is 5.75. The Bertz CT molecular complexity index is 225. The van der Waals surface area contributed by atoms with E-state index in [1.54, 1.807) is 0 Å². The normalized spacial score (nSPS) is 17.1. The largest absolute Gasteiger partial charge is 0.356 e. The summed E-state index contributed by atoms with van der Waals surface area (Å²) in [5, 5.41) is 2.99. The second-order valence-electron chi connectivity index (χ2n) is 5.51. The molecule has 1 aliphatic heterocycles. The molecule has 0 saturated carbocycles. The molecule has 0 unspecified atom stereocenters. The lowest BCUT2D eigenvalue weighted by atomic mass is 10.1. The van der Waals surface area contributed by atoms with Crippen LogP contribution in [-0.2, 0) is 4.79 Å². The number of unbranched alkanes of at least 4 members (excludes halogenated alkanes) is 1. The Morgan fingerprint density at radius 1 is 1.17 bits per heavy atom. The number of carbonyl (C=O) groups excluding carboxylic acids is 1. The quantitative estimate of drug-likeness (QED) is 0.665. The molecule has 0 spiro atoms. The van der Waals surface area contributed by atoms with Crippen LogP contribution < -0.4 is 5.32 Å². The van der Waals surface area contributed by atoms with E-state index in [4.69, 9.17) is 0 Å². The predicted molar refractivity (Wildman–Crippen MR) is 75.7 cm³/mol. The van der Waals surface area contributed by atoms with Crippen molar-refractivity contribution in [3.05, 3.63) is 0 Å². The summed E-state index contributed by atoms with van der Waals surface area (Å²) >= 11 is 0. The van der Waals surface area contributed by atoms with Gasteiger partial charge in [-0.15, -0.1) is 0 Å². The summed E-state index contributed by atoms with van der Waals surface area (Å²) in [6.45, 7) is 5.41. The topological polar surface area (TPSA) is 35.6 Å². The van der Waals surface area contributed by atoms with Gasteiger partial charge in [-0.2, -0.15) is 0 Å². The van der Waals surface area contributed by atoms with Gasteiger partial charge >= 0.3 is 0 Å². The van der Waals surface area contributed by atoms with E-state index in [0.717, 1.165) is 19.5 Å². The van der Waals surface area contributed by atoms with Gasteiger partial charge in [-0.25, -0.2) is 0 Å². The van der Waals surface area contributed by atoms with Crippen LogP contribution in [0.2, 0.25) is 0 Å². The third kappa shape index (κ3) is 7.67. The Kier molecular flexibility index (Phi) is 8.01. The van der Waals surface area contributed by atoms with E-state index >= 15 is 0 Å². The molecule has 18 heavy (non-hydrogen) atoms. The zero-order valence-corrected chi connectivity index (χ0v) is 12.1. The molecule has 0 aliphatic carbocycles. The summed E-state index contributed by atoms with van der Waals surface area (Å²) in [6, 6.07) is 0. The van der Waals surface area contributed by atoms with E-state index in [-0.39, 0.29) is 5.91 Å². The molecule has 0 bridgehead atoms. The Morgan fingerprint density at radius 3 is 2.56 bits per heavy atom. The fourth-order valence-electron chi connectivity index (χ4n) is 2.28. The van der Waals surface area contributed by atoms with Crippen LogP contribution in [0.1, 0.15) is 38.5 Å². The van der Waals surface area contributed by atoms with Gasteiger partial charge in [-0.1, -0.05) is 6.42 Å². The van der Waals surface area contributed by atoms with Crippen LogP contribution in [0.25, 0.3) is 0 Å². The lowest BCUT2D eigenvalue weighted by molar-refractivity contribution is -0.121. The van der Waals surface area contributed by atoms with Crippen LogP contribution in [0.15, 0.2) is 0 Å². The van der Waals surface area contributed by atoms with Crippen LogP contribution in [0.4, 0.5) is 0 Å². The molecule has 4 heteroatoms. The minimum Gasteiger partial charge on any atom is -0.356 e. The minimum absolute atomic E-state index is 0.182. The molecule has 0 aromatic rings. The van der Waals surface area contributed by atoms with Crippen LogP contribution in [0.5, 0.6) is 0 Å². The summed E-state index contributed by atoms with van der Waals surface area (Å²) in [7, 11) is 3.98. The molecular formula is C14H29N3O. The van der Waals surface area contributed by atoms with Gasteiger partial charge in [0.05, 0.1) is 0 Å². The number of rotatable bonds is 8. The highest BCUT2D eigenvalue weighted by Crippen LogP contribution is 2.09. The molecule has 1 fully saturated rings. The SMILES string of the molecule is CN(C)CCC(=O)NCCCCN1CCCCC1. The fraction of sp³-hybridized carbons (Fsp3) is 0.929. The van der Waals surface area contributed by atoms with E-state index in [1.807, 2.05) is 19.0 Å². The zero-order chi connectivity index (χ0) is 13.2. The Hall–Kier alpha value is -0.610. The molecule has 0 aromatic carbocycles. The molecule has 1 heterocycles. The van der Waals surface area contributed by atoms with Crippen molar-refractivity contribution in [2.75, 3.05) is 46.8 Å². The fourth-order valence-corrected chi connectivity index (χ4v) is 2.28. The highest BCUT2D eigenvalue weighted by atomic mass is 16.1. The standard InChI is InChI=1S/C14H29N3O/c1-16(2)13-8-14(18)15-9-4-7-12-17-10-5-3-6-11-17/h3-13H2,1-2H3,(H,15,18). The van der Waals surface area contributed by atoms with Crippen molar-refractivity contribution in [3.8, 4) is 0 Å². The maximum Gasteiger partial charge on any atom is 0.221 e. The molecule has 0 aromatic heterocycles. The van der Waals surface area contributed by atoms with Gasteiger partial charge in [-0.05, 0) is 59.4 Å². The summed E-state index contributed by atoms with van der Waals surface area (Å²) in [5.74, 6) is 0.182. The summed E-state index contributed by atoms with van der Waals surface area (Å²) < 4.78 is 0. The van der Waals surface area contributed by atoms with E-state index < -0.39 is 0 Å². The van der Waals surface area contributed by atoms with E-state index in [9.17, 15) is 4.79 Å². The van der Waals surface area contributed by atoms with Crippen molar-refractivity contribution in [2.24, 2.45) is 0 Å². The van der Waals surface area contributed by atoms with Gasteiger partial charge in [0, 0.05) is 19.5 Å². The molecule has 1 amide bonds. The molecular weight excluding hydrogens is 226 g/mol. The third-order valence-electron chi connectivity index (χ3n) is 3.46. The maximum atomic E-state index is 11.5. The van der Waals surface area contributed by atoms with E-state index in [0.29, 0.717) is 6.42 Å². The van der Waals surface area contributed by atoms with Crippen molar-refractivity contribution in [1.82, 2.24) is 15.1 Å². The van der Waals surface area contributed by atoms with Crippen molar-refractivity contribution in [2.45, 2.75) is 38.5 Å². The average molecular weight is 255 g/mol. The Labute approximate surface area is 112 Å². The monoisotopic (exact) mass is 255 g/mol. The van der Waals surface area contributed by atoms with Gasteiger partial charge < -0.3 is 15.1 Å². The third-order valence-corrected chi connectivity index (χ3v) is 3.46. The van der Waals surface area contributed by atoms with Gasteiger partial charge in [-0.3, -0.25) is 4.79 Å². The van der Waals surface area contributed by atoms with Crippen LogP contribution >= 0.6 is 0 Å². The van der Waals surface area contributed by atoms with E-state index in [2.05, 4.69) is 10.2 Å². The summed E-state index contributed by atoms with van der Waals surface area (Å²) in [6.07, 6.45) is 7.04. The first-order chi connectivity index (χ1) is 8.68. The molecule has 0 atom stereocenters. The van der Waals surface area contributed by atoms with Gasteiger partial charge in [0.25, 0.3) is 0 Å². The molecule has 1 rings (SSSR count). The lowest BCUT2D eigenvalue weighted by Crippen LogP contribution is -2.31. The van der Waals surface area contributed by atoms with Crippen LogP contribution in [-0.4, -0.2) is 62.5 Å². The smallest absolute Gasteiger partial charge is 0.221 e. The number of hydrogen-bond donors (Lipinski definition) is 1. The molecule has 1 N–H and O–H groups in total. The second-order valence-corrected chi connectivity index (χ2v) is 5.51. The Morgan fingerprint density at radius 2 is 1.89 bits per heavy atom. The summed E-state index contributed by atoms with van der Waals surface area (Å²) in [5.41, 5.74) is 0. The molecule has 1 saturated heterocycles. The number of likely N-dealkylation sites (tertiary alicyclic amines) is 1. The molecule has 4 nitrogen and oxygen atoms in total. The van der Waals surface area contributed by atoms with Crippen molar-refractivity contribution < 1.29 is 4.79 Å². The number of nitrogens with zero attached hydrogens (tertiary/aromatic N) is 2. The van der Waals surface area contributed by atoms with Crippen molar-refractivity contribution >= 4 is 5.91 Å². The molecule has 0 radical (unpaired) electrons. The maximum absolute atomic E-state index is 11.5. The average Bonchev–Trinajstić information content (AvgIpc) is 2.37. The lowest BCUT2D eigenvalue weighted by Gasteiger charge is -2.26. The van der Waals surface area contributed by atoms with Crippen molar-refractivity contribution in [3.63, 3.8) is 0 Å². The zero-order valence-electron chi connectivity index (χ0n) is 12.1. The number of amides is 1. The first kappa shape index (κ1) is 15.4. The van der Waals surface area contributed by atoms with Gasteiger partial charge in [0.1, 0.15) is 0 Å². The molecule has 106 valence electrons. The Balaban J connectivity index is 1.89. The van der Waals surface area contributed by atoms with Gasteiger partial charge in [0.2, 0.25) is 5.91 Å².